The topological polar surface area (TPSA) is 106 Å². The van der Waals surface area contributed by atoms with Crippen LogP contribution < -0.4 is 10.5 Å². The van der Waals surface area contributed by atoms with Gasteiger partial charge in [0.2, 0.25) is 10.0 Å². The van der Waals surface area contributed by atoms with Crippen LogP contribution in [-0.2, 0) is 33.0 Å². The van der Waals surface area contributed by atoms with Crippen molar-refractivity contribution in [1.82, 2.24) is 4.72 Å². The van der Waals surface area contributed by atoms with Crippen molar-refractivity contribution < 1.29 is 16.8 Å². The highest BCUT2D eigenvalue weighted by atomic mass is 32.2. The van der Waals surface area contributed by atoms with Crippen molar-refractivity contribution in [2.45, 2.75) is 31.2 Å². The molecule has 0 bridgehead atoms. The van der Waals surface area contributed by atoms with Crippen molar-refractivity contribution in [1.29, 1.82) is 0 Å². The first-order chi connectivity index (χ1) is 9.84. The highest BCUT2D eigenvalue weighted by Crippen LogP contribution is 2.19. The van der Waals surface area contributed by atoms with E-state index in [1.807, 2.05) is 24.3 Å². The minimum Gasteiger partial charge on any atom is -0.326 e. The van der Waals surface area contributed by atoms with Gasteiger partial charge in [-0.2, -0.15) is 0 Å². The van der Waals surface area contributed by atoms with Crippen molar-refractivity contribution in [2.24, 2.45) is 5.73 Å². The Balaban J connectivity index is 2.02. The van der Waals surface area contributed by atoms with E-state index in [9.17, 15) is 16.8 Å². The summed E-state index contributed by atoms with van der Waals surface area (Å²) >= 11 is 0. The van der Waals surface area contributed by atoms with E-state index in [1.54, 1.807) is 0 Å². The number of sulfone groups is 1. The van der Waals surface area contributed by atoms with Crippen LogP contribution in [0.2, 0.25) is 0 Å². The average Bonchev–Trinajstić information content (AvgIpc) is 2.45. The fourth-order valence-corrected chi connectivity index (χ4v) is 5.64. The quantitative estimate of drug-likeness (QED) is 0.798. The van der Waals surface area contributed by atoms with Gasteiger partial charge in [-0.15, -0.1) is 0 Å². The molecule has 0 atom stereocenters. The van der Waals surface area contributed by atoms with Crippen molar-refractivity contribution in [3.63, 3.8) is 0 Å². The van der Waals surface area contributed by atoms with Crippen LogP contribution in [0.25, 0.3) is 0 Å². The first-order valence-electron chi connectivity index (χ1n) is 6.80. The van der Waals surface area contributed by atoms with E-state index in [-0.39, 0.29) is 30.9 Å². The molecule has 0 aliphatic carbocycles. The summed E-state index contributed by atoms with van der Waals surface area (Å²) in [6, 6.07) is 7.37. The number of hydrogen-bond acceptors (Lipinski definition) is 5. The smallest absolute Gasteiger partial charge is 0.214 e. The number of benzene rings is 1. The molecule has 1 aromatic carbocycles. The van der Waals surface area contributed by atoms with Crippen LogP contribution in [0.15, 0.2) is 24.3 Å². The molecule has 1 heterocycles. The lowest BCUT2D eigenvalue weighted by molar-refractivity contribution is 0.542. The second-order valence-electron chi connectivity index (χ2n) is 5.19. The Morgan fingerprint density at radius 2 is 1.71 bits per heavy atom. The van der Waals surface area contributed by atoms with Gasteiger partial charge in [0.05, 0.1) is 16.8 Å². The Bertz CT molecular complexity index is 685. The van der Waals surface area contributed by atoms with E-state index in [2.05, 4.69) is 4.72 Å². The zero-order valence-corrected chi connectivity index (χ0v) is 13.3. The maximum absolute atomic E-state index is 12.2. The summed E-state index contributed by atoms with van der Waals surface area (Å²) in [4.78, 5) is 0. The lowest BCUT2D eigenvalue weighted by Crippen LogP contribution is -2.39. The van der Waals surface area contributed by atoms with Gasteiger partial charge in [0.15, 0.2) is 0 Å². The van der Waals surface area contributed by atoms with E-state index in [0.717, 1.165) is 11.1 Å². The van der Waals surface area contributed by atoms with Gasteiger partial charge in [-0.1, -0.05) is 24.3 Å². The van der Waals surface area contributed by atoms with Crippen LogP contribution >= 0.6 is 0 Å². The van der Waals surface area contributed by atoms with Crippen molar-refractivity contribution in [3.05, 3.63) is 35.4 Å². The van der Waals surface area contributed by atoms with Gasteiger partial charge < -0.3 is 5.73 Å². The molecule has 1 saturated heterocycles. The maximum atomic E-state index is 12.2. The van der Waals surface area contributed by atoms with Crippen LogP contribution in [0, 0.1) is 0 Å². The minimum atomic E-state index is -3.51. The fourth-order valence-electron chi connectivity index (χ4n) is 2.40. The lowest BCUT2D eigenvalue weighted by Gasteiger charge is -2.22. The normalized spacial score (nSPS) is 19.5. The molecule has 118 valence electrons. The second kappa shape index (κ2) is 6.43. The Hall–Kier alpha value is -0.960. The first kappa shape index (κ1) is 16.4. The Morgan fingerprint density at radius 3 is 2.29 bits per heavy atom. The molecule has 0 aromatic heterocycles. The SMILES string of the molecule is NCc1ccccc1CNS(=O)(=O)C1CCS(=O)(=O)CC1. The monoisotopic (exact) mass is 332 g/mol. The molecule has 0 radical (unpaired) electrons. The number of nitrogens with two attached hydrogens (primary N) is 1. The summed E-state index contributed by atoms with van der Waals surface area (Å²) in [6.07, 6.45) is 0.326. The summed E-state index contributed by atoms with van der Waals surface area (Å²) in [5.74, 6) is -0.115. The van der Waals surface area contributed by atoms with Crippen LogP contribution in [0.5, 0.6) is 0 Å². The third-order valence-corrected chi connectivity index (χ3v) is 7.35. The minimum absolute atomic E-state index is 0.0576. The Morgan fingerprint density at radius 1 is 1.14 bits per heavy atom. The third-order valence-electron chi connectivity index (χ3n) is 3.74. The molecule has 1 aliphatic rings. The first-order valence-corrected chi connectivity index (χ1v) is 10.2. The van der Waals surface area contributed by atoms with Gasteiger partial charge in [0.1, 0.15) is 9.84 Å². The van der Waals surface area contributed by atoms with Gasteiger partial charge >= 0.3 is 0 Å². The van der Waals surface area contributed by atoms with E-state index in [1.165, 1.54) is 0 Å². The average molecular weight is 332 g/mol. The highest BCUT2D eigenvalue weighted by Gasteiger charge is 2.32. The Kier molecular flexibility index (Phi) is 5.03. The summed E-state index contributed by atoms with van der Waals surface area (Å²) in [5, 5.41) is -0.633. The van der Waals surface area contributed by atoms with E-state index in [4.69, 9.17) is 5.73 Å². The van der Waals surface area contributed by atoms with Gasteiger partial charge in [-0.3, -0.25) is 0 Å². The highest BCUT2D eigenvalue weighted by molar-refractivity contribution is 7.92. The molecule has 3 N–H and O–H groups in total. The summed E-state index contributed by atoms with van der Waals surface area (Å²) in [6.45, 7) is 0.526. The molecular weight excluding hydrogens is 312 g/mol. The number of hydrogen-bond donors (Lipinski definition) is 2. The largest absolute Gasteiger partial charge is 0.326 e. The summed E-state index contributed by atoms with van der Waals surface area (Å²) < 4.78 is 49.7. The number of nitrogens with one attached hydrogen (secondary N) is 1. The molecule has 0 amide bonds. The molecule has 8 heteroatoms. The molecule has 6 nitrogen and oxygen atoms in total. The molecule has 21 heavy (non-hydrogen) atoms. The van der Waals surface area contributed by atoms with E-state index >= 15 is 0 Å². The zero-order valence-electron chi connectivity index (χ0n) is 11.7. The third kappa shape index (κ3) is 4.26. The van der Waals surface area contributed by atoms with Gasteiger partial charge in [-0.05, 0) is 24.0 Å². The molecular formula is C13H20N2O4S2. The van der Waals surface area contributed by atoms with Crippen LogP contribution in [0.1, 0.15) is 24.0 Å². The van der Waals surface area contributed by atoms with Gasteiger partial charge in [0, 0.05) is 13.1 Å². The van der Waals surface area contributed by atoms with Crippen molar-refractivity contribution >= 4 is 19.9 Å². The number of sulfonamides is 1. The lowest BCUT2D eigenvalue weighted by atomic mass is 10.1. The summed E-state index contributed by atoms with van der Waals surface area (Å²) in [7, 11) is -6.57. The molecule has 1 aliphatic heterocycles. The van der Waals surface area contributed by atoms with E-state index in [0.29, 0.717) is 6.54 Å². The van der Waals surface area contributed by atoms with Crippen molar-refractivity contribution in [2.75, 3.05) is 11.5 Å². The van der Waals surface area contributed by atoms with E-state index < -0.39 is 25.1 Å². The predicted molar refractivity (Wildman–Crippen MR) is 81.8 cm³/mol. The zero-order chi connectivity index (χ0) is 15.5. The van der Waals surface area contributed by atoms with Gasteiger partial charge in [-0.25, -0.2) is 21.6 Å². The predicted octanol–water partition coefficient (Wildman–Crippen LogP) is 0.142. The van der Waals surface area contributed by atoms with Crippen LogP contribution in [0.3, 0.4) is 0 Å². The molecule has 2 rings (SSSR count). The van der Waals surface area contributed by atoms with Crippen molar-refractivity contribution in [3.8, 4) is 0 Å². The fraction of sp³-hybridized carbons (Fsp3) is 0.538. The molecule has 0 unspecified atom stereocenters. The molecule has 1 aromatic rings. The Labute approximate surface area is 125 Å². The maximum Gasteiger partial charge on any atom is 0.214 e. The van der Waals surface area contributed by atoms with Gasteiger partial charge in [0.25, 0.3) is 0 Å². The second-order valence-corrected chi connectivity index (χ2v) is 9.54. The summed E-state index contributed by atoms with van der Waals surface area (Å²) in [5.41, 5.74) is 7.35. The molecule has 0 spiro atoms. The van der Waals surface area contributed by atoms with Crippen LogP contribution in [-0.4, -0.2) is 33.6 Å². The van der Waals surface area contributed by atoms with Crippen LogP contribution in [0.4, 0.5) is 0 Å². The number of rotatable bonds is 5. The molecule has 0 saturated carbocycles. The molecule has 1 fully saturated rings. The standard InChI is InChI=1S/C13H20N2O4S2/c14-9-11-3-1-2-4-12(11)10-15-21(18,19)13-5-7-20(16,17)8-6-13/h1-4,13,15H,5-10,14H2.